The Kier molecular flexibility index (Phi) is 2.88. The third-order valence-corrected chi connectivity index (χ3v) is 2.45. The summed E-state index contributed by atoms with van der Waals surface area (Å²) in [5.41, 5.74) is 7.46. The molecule has 0 fully saturated rings. The first kappa shape index (κ1) is 11.6. The lowest BCUT2D eigenvalue weighted by molar-refractivity contribution is 0.368. The summed E-state index contributed by atoms with van der Waals surface area (Å²) in [6.45, 7) is 6.17. The molecule has 4 heteroatoms. The molecule has 1 aromatic carbocycles. The molecule has 0 aliphatic heterocycles. The van der Waals surface area contributed by atoms with Crippen molar-refractivity contribution in [3.05, 3.63) is 41.5 Å². The second-order valence-electron chi connectivity index (χ2n) is 5.18. The molecule has 0 radical (unpaired) electrons. The summed E-state index contributed by atoms with van der Waals surface area (Å²) in [4.78, 5) is 4.39. The molecule has 0 spiro atoms. The lowest BCUT2D eigenvalue weighted by Crippen LogP contribution is -2.13. The Hall–Kier alpha value is -1.84. The van der Waals surface area contributed by atoms with Gasteiger partial charge in [-0.25, -0.2) is 0 Å². The summed E-state index contributed by atoms with van der Waals surface area (Å²) in [7, 11) is 0. The average molecular weight is 231 g/mol. The number of rotatable bonds is 2. The molecule has 0 saturated carbocycles. The Morgan fingerprint density at radius 2 is 2.06 bits per heavy atom. The lowest BCUT2D eigenvalue weighted by Gasteiger charge is -2.10. The van der Waals surface area contributed by atoms with E-state index in [2.05, 4.69) is 30.9 Å². The first-order valence-corrected chi connectivity index (χ1v) is 5.62. The Balaban J connectivity index is 2.17. The molecule has 0 saturated heterocycles. The van der Waals surface area contributed by atoms with Gasteiger partial charge in [-0.05, 0) is 17.7 Å². The van der Waals surface area contributed by atoms with Crippen molar-refractivity contribution in [3.63, 3.8) is 0 Å². The number of hydrogen-bond acceptors (Lipinski definition) is 4. The number of nitrogen functional groups attached to an aromatic ring is 1. The van der Waals surface area contributed by atoms with Crippen LogP contribution in [0.1, 0.15) is 38.0 Å². The van der Waals surface area contributed by atoms with E-state index in [1.807, 2.05) is 24.3 Å². The SMILES string of the molecule is CC(C)(C)c1noc(Cc2cccc(N)c2)n1. The topological polar surface area (TPSA) is 64.9 Å². The van der Waals surface area contributed by atoms with E-state index in [4.69, 9.17) is 10.3 Å². The van der Waals surface area contributed by atoms with Gasteiger partial charge in [0.15, 0.2) is 5.82 Å². The quantitative estimate of drug-likeness (QED) is 0.807. The largest absolute Gasteiger partial charge is 0.399 e. The zero-order chi connectivity index (χ0) is 12.5. The van der Waals surface area contributed by atoms with Crippen LogP contribution in [0.3, 0.4) is 0 Å². The lowest BCUT2D eigenvalue weighted by atomic mass is 9.96. The minimum Gasteiger partial charge on any atom is -0.399 e. The Labute approximate surface area is 101 Å². The summed E-state index contributed by atoms with van der Waals surface area (Å²) in [6, 6.07) is 7.70. The van der Waals surface area contributed by atoms with Gasteiger partial charge in [-0.3, -0.25) is 0 Å². The molecule has 0 amide bonds. The molecule has 0 atom stereocenters. The van der Waals surface area contributed by atoms with Gasteiger partial charge in [-0.2, -0.15) is 4.98 Å². The average Bonchev–Trinajstić information content (AvgIpc) is 2.65. The highest BCUT2D eigenvalue weighted by Gasteiger charge is 2.20. The van der Waals surface area contributed by atoms with Crippen LogP contribution in [0.4, 0.5) is 5.69 Å². The minimum absolute atomic E-state index is 0.0858. The Morgan fingerprint density at radius 1 is 1.29 bits per heavy atom. The number of hydrogen-bond donors (Lipinski definition) is 1. The molecule has 1 heterocycles. The van der Waals surface area contributed by atoms with E-state index in [1.165, 1.54) is 0 Å². The zero-order valence-corrected chi connectivity index (χ0v) is 10.4. The van der Waals surface area contributed by atoms with E-state index >= 15 is 0 Å². The molecule has 2 rings (SSSR count). The van der Waals surface area contributed by atoms with Gasteiger partial charge in [-0.15, -0.1) is 0 Å². The summed E-state index contributed by atoms with van der Waals surface area (Å²) >= 11 is 0. The van der Waals surface area contributed by atoms with Gasteiger partial charge in [0, 0.05) is 11.1 Å². The molecule has 17 heavy (non-hydrogen) atoms. The maximum absolute atomic E-state index is 5.72. The number of nitrogens with two attached hydrogens (primary N) is 1. The second kappa shape index (κ2) is 4.20. The normalized spacial score (nSPS) is 11.7. The van der Waals surface area contributed by atoms with Crippen molar-refractivity contribution in [2.24, 2.45) is 0 Å². The van der Waals surface area contributed by atoms with Crippen molar-refractivity contribution >= 4 is 5.69 Å². The highest BCUT2D eigenvalue weighted by Crippen LogP contribution is 2.19. The molecular formula is C13H17N3O. The summed E-state index contributed by atoms with van der Waals surface area (Å²) < 4.78 is 5.23. The van der Waals surface area contributed by atoms with Crippen LogP contribution in [0.2, 0.25) is 0 Å². The maximum atomic E-state index is 5.72. The van der Waals surface area contributed by atoms with Crippen LogP contribution < -0.4 is 5.73 Å². The number of nitrogens with zero attached hydrogens (tertiary/aromatic N) is 2. The van der Waals surface area contributed by atoms with Crippen molar-refractivity contribution in [1.29, 1.82) is 0 Å². The molecule has 1 aromatic heterocycles. The Bertz CT molecular complexity index is 511. The number of anilines is 1. The highest BCUT2D eigenvalue weighted by molar-refractivity contribution is 5.41. The van der Waals surface area contributed by atoms with Crippen LogP contribution in [0.5, 0.6) is 0 Å². The first-order chi connectivity index (χ1) is 7.95. The highest BCUT2D eigenvalue weighted by atomic mass is 16.5. The van der Waals surface area contributed by atoms with Crippen molar-refractivity contribution in [2.45, 2.75) is 32.6 Å². The van der Waals surface area contributed by atoms with Crippen molar-refractivity contribution in [3.8, 4) is 0 Å². The minimum atomic E-state index is -0.0858. The van der Waals surface area contributed by atoms with E-state index in [0.717, 1.165) is 17.1 Å². The molecule has 2 aromatic rings. The van der Waals surface area contributed by atoms with Crippen LogP contribution in [-0.2, 0) is 11.8 Å². The van der Waals surface area contributed by atoms with Gasteiger partial charge in [0.05, 0.1) is 6.42 Å². The maximum Gasteiger partial charge on any atom is 0.231 e. The fraction of sp³-hybridized carbons (Fsp3) is 0.385. The molecule has 0 bridgehead atoms. The van der Waals surface area contributed by atoms with Gasteiger partial charge >= 0.3 is 0 Å². The predicted molar refractivity (Wildman–Crippen MR) is 66.7 cm³/mol. The number of aromatic nitrogens is 2. The Morgan fingerprint density at radius 3 is 2.65 bits per heavy atom. The van der Waals surface area contributed by atoms with Gasteiger partial charge < -0.3 is 10.3 Å². The van der Waals surface area contributed by atoms with E-state index in [9.17, 15) is 0 Å². The smallest absolute Gasteiger partial charge is 0.231 e. The van der Waals surface area contributed by atoms with Crippen molar-refractivity contribution in [1.82, 2.24) is 10.1 Å². The number of benzene rings is 1. The molecule has 90 valence electrons. The first-order valence-electron chi connectivity index (χ1n) is 5.62. The van der Waals surface area contributed by atoms with Crippen LogP contribution in [0.15, 0.2) is 28.8 Å². The molecule has 2 N–H and O–H groups in total. The van der Waals surface area contributed by atoms with E-state index in [-0.39, 0.29) is 5.41 Å². The van der Waals surface area contributed by atoms with Crippen LogP contribution in [0, 0.1) is 0 Å². The molecule has 4 nitrogen and oxygen atoms in total. The predicted octanol–water partition coefficient (Wildman–Crippen LogP) is 2.54. The fourth-order valence-corrected chi connectivity index (χ4v) is 1.51. The van der Waals surface area contributed by atoms with Gasteiger partial charge in [0.25, 0.3) is 0 Å². The van der Waals surface area contributed by atoms with Gasteiger partial charge in [0.2, 0.25) is 5.89 Å². The van der Waals surface area contributed by atoms with Crippen LogP contribution >= 0.6 is 0 Å². The second-order valence-corrected chi connectivity index (χ2v) is 5.18. The molecule has 0 aliphatic carbocycles. The molecule has 0 aliphatic rings. The fourth-order valence-electron chi connectivity index (χ4n) is 1.51. The summed E-state index contributed by atoms with van der Waals surface area (Å²) in [6.07, 6.45) is 0.619. The summed E-state index contributed by atoms with van der Waals surface area (Å²) in [5.74, 6) is 1.36. The van der Waals surface area contributed by atoms with Crippen molar-refractivity contribution < 1.29 is 4.52 Å². The third-order valence-electron chi connectivity index (χ3n) is 2.45. The summed E-state index contributed by atoms with van der Waals surface area (Å²) in [5, 5.41) is 3.99. The molecular weight excluding hydrogens is 214 g/mol. The van der Waals surface area contributed by atoms with E-state index < -0.39 is 0 Å². The standard InChI is InChI=1S/C13H17N3O/c1-13(2,3)12-15-11(17-16-12)8-9-5-4-6-10(14)7-9/h4-7H,8,14H2,1-3H3. The third kappa shape index (κ3) is 2.84. The van der Waals surface area contributed by atoms with Crippen molar-refractivity contribution in [2.75, 3.05) is 5.73 Å². The van der Waals surface area contributed by atoms with E-state index in [0.29, 0.717) is 12.3 Å². The monoisotopic (exact) mass is 231 g/mol. The van der Waals surface area contributed by atoms with Gasteiger partial charge in [0.1, 0.15) is 0 Å². The van der Waals surface area contributed by atoms with Crippen LogP contribution in [-0.4, -0.2) is 10.1 Å². The zero-order valence-electron chi connectivity index (χ0n) is 10.4. The van der Waals surface area contributed by atoms with Crippen LogP contribution in [0.25, 0.3) is 0 Å². The van der Waals surface area contributed by atoms with Gasteiger partial charge in [-0.1, -0.05) is 38.1 Å². The van der Waals surface area contributed by atoms with E-state index in [1.54, 1.807) is 0 Å². The molecule has 0 unspecified atom stereocenters.